The highest BCUT2D eigenvalue weighted by molar-refractivity contribution is 5.91. The second-order valence-electron chi connectivity index (χ2n) is 2.56. The molecule has 0 bridgehead atoms. The molecule has 1 heterocycles. The van der Waals surface area contributed by atoms with Crippen LogP contribution >= 0.6 is 0 Å². The molecule has 0 aromatic rings. The van der Waals surface area contributed by atoms with Gasteiger partial charge in [0.25, 0.3) is 0 Å². The third kappa shape index (κ3) is 1.59. The highest BCUT2D eigenvalue weighted by Crippen LogP contribution is 2.15. The minimum absolute atomic E-state index is 0.0763. The maximum Gasteiger partial charge on any atom is 0.162 e. The lowest BCUT2D eigenvalue weighted by Crippen LogP contribution is -2.18. The number of ketones is 1. The minimum Gasteiger partial charge on any atom is -0.494 e. The molecule has 56 valence electrons. The summed E-state index contributed by atoms with van der Waals surface area (Å²) in [6.07, 6.45) is 3.02. The second kappa shape index (κ2) is 2.86. The second-order valence-corrected chi connectivity index (χ2v) is 2.56. The molecule has 0 unspecified atom stereocenters. The normalized spacial score (nSPS) is 25.6. The van der Waals surface area contributed by atoms with E-state index in [0.29, 0.717) is 6.42 Å². The zero-order valence-corrected chi connectivity index (χ0v) is 6.39. The molecular formula is C8H12O2. The summed E-state index contributed by atoms with van der Waals surface area (Å²) in [6, 6.07) is 0. The fraction of sp³-hybridized carbons (Fsp3) is 0.625. The van der Waals surface area contributed by atoms with Gasteiger partial charge >= 0.3 is 0 Å². The lowest BCUT2D eigenvalue weighted by molar-refractivity contribution is -0.118. The monoisotopic (exact) mass is 140 g/mol. The first-order valence-electron chi connectivity index (χ1n) is 3.62. The summed E-state index contributed by atoms with van der Waals surface area (Å²) in [5.41, 5.74) is 0. The molecule has 0 N–H and O–H groups in total. The fourth-order valence-corrected chi connectivity index (χ4v) is 1.04. The predicted octanol–water partition coefficient (Wildman–Crippen LogP) is 1.66. The molecule has 2 nitrogen and oxygen atoms in total. The van der Waals surface area contributed by atoms with E-state index in [2.05, 4.69) is 0 Å². The molecule has 10 heavy (non-hydrogen) atoms. The van der Waals surface area contributed by atoms with Crippen molar-refractivity contribution in [3.63, 3.8) is 0 Å². The Balaban J connectivity index is 2.65. The summed E-state index contributed by atoms with van der Waals surface area (Å²) in [5.74, 6) is 1.01. The molecule has 0 radical (unpaired) electrons. The Morgan fingerprint density at radius 1 is 1.80 bits per heavy atom. The van der Waals surface area contributed by atoms with Crippen LogP contribution in [0.3, 0.4) is 0 Å². The Morgan fingerprint density at radius 3 is 3.00 bits per heavy atom. The summed E-state index contributed by atoms with van der Waals surface area (Å²) in [5, 5.41) is 0. The third-order valence-corrected chi connectivity index (χ3v) is 1.51. The zero-order valence-electron chi connectivity index (χ0n) is 6.39. The van der Waals surface area contributed by atoms with Gasteiger partial charge in [0.1, 0.15) is 6.10 Å². The van der Waals surface area contributed by atoms with Gasteiger partial charge in [0.05, 0.1) is 5.76 Å². The number of carbonyl (C=O) groups excluding carboxylic acids is 1. The number of carbonyl (C=O) groups is 1. The third-order valence-electron chi connectivity index (χ3n) is 1.51. The van der Waals surface area contributed by atoms with Crippen LogP contribution in [0.1, 0.15) is 26.7 Å². The van der Waals surface area contributed by atoms with E-state index < -0.39 is 0 Å². The Labute approximate surface area is 60.9 Å². The summed E-state index contributed by atoms with van der Waals surface area (Å²) in [7, 11) is 0. The van der Waals surface area contributed by atoms with Crippen molar-refractivity contribution in [3.8, 4) is 0 Å². The first-order valence-corrected chi connectivity index (χ1v) is 3.62. The van der Waals surface area contributed by atoms with Crippen LogP contribution < -0.4 is 0 Å². The van der Waals surface area contributed by atoms with Crippen LogP contribution in [0.4, 0.5) is 0 Å². The van der Waals surface area contributed by atoms with E-state index in [1.807, 2.05) is 13.8 Å². The molecular weight excluding hydrogens is 128 g/mol. The Kier molecular flexibility index (Phi) is 2.10. The lowest BCUT2D eigenvalue weighted by atomic mass is 10.1. The molecule has 2 heteroatoms. The number of rotatable bonds is 1. The quantitative estimate of drug-likeness (QED) is 0.553. The number of hydrogen-bond donors (Lipinski definition) is 0. The van der Waals surface area contributed by atoms with Gasteiger partial charge in [-0.05, 0) is 6.92 Å². The highest BCUT2D eigenvalue weighted by Gasteiger charge is 2.15. The first kappa shape index (κ1) is 7.32. The van der Waals surface area contributed by atoms with E-state index in [9.17, 15) is 4.79 Å². The van der Waals surface area contributed by atoms with Crippen molar-refractivity contribution in [3.05, 3.63) is 11.8 Å². The summed E-state index contributed by atoms with van der Waals surface area (Å²) in [4.78, 5) is 10.9. The van der Waals surface area contributed by atoms with Crippen molar-refractivity contribution in [1.82, 2.24) is 0 Å². The highest BCUT2D eigenvalue weighted by atomic mass is 16.5. The van der Waals surface area contributed by atoms with E-state index in [1.54, 1.807) is 6.08 Å². The van der Waals surface area contributed by atoms with Crippen molar-refractivity contribution in [1.29, 1.82) is 0 Å². The van der Waals surface area contributed by atoms with E-state index in [0.717, 1.165) is 12.2 Å². The SMILES string of the molecule is CCC1=CC(=O)C[C@H](C)O1. The molecule has 0 amide bonds. The van der Waals surface area contributed by atoms with E-state index in [-0.39, 0.29) is 11.9 Å². The van der Waals surface area contributed by atoms with Gasteiger partial charge in [0, 0.05) is 18.9 Å². The molecule has 0 aromatic heterocycles. The van der Waals surface area contributed by atoms with E-state index in [1.165, 1.54) is 0 Å². The van der Waals surface area contributed by atoms with Crippen LogP contribution in [-0.2, 0) is 9.53 Å². The number of ether oxygens (including phenoxy) is 1. The van der Waals surface area contributed by atoms with Crippen molar-refractivity contribution < 1.29 is 9.53 Å². The maximum atomic E-state index is 10.9. The van der Waals surface area contributed by atoms with Crippen molar-refractivity contribution >= 4 is 5.78 Å². The fourth-order valence-electron chi connectivity index (χ4n) is 1.04. The lowest BCUT2D eigenvalue weighted by Gasteiger charge is -2.19. The van der Waals surface area contributed by atoms with Gasteiger partial charge in [0.15, 0.2) is 5.78 Å². The van der Waals surface area contributed by atoms with Crippen LogP contribution in [-0.4, -0.2) is 11.9 Å². The van der Waals surface area contributed by atoms with Gasteiger partial charge in [-0.2, -0.15) is 0 Å². The minimum atomic E-state index is 0.0763. The largest absolute Gasteiger partial charge is 0.494 e. The molecule has 0 saturated heterocycles. The Morgan fingerprint density at radius 2 is 2.50 bits per heavy atom. The summed E-state index contributed by atoms with van der Waals surface area (Å²) < 4.78 is 5.35. The molecule has 1 aliphatic heterocycles. The molecule has 0 aromatic carbocycles. The van der Waals surface area contributed by atoms with Gasteiger partial charge in [-0.3, -0.25) is 4.79 Å². The molecule has 0 aliphatic carbocycles. The summed E-state index contributed by atoms with van der Waals surface area (Å²) >= 11 is 0. The van der Waals surface area contributed by atoms with Gasteiger partial charge in [-0.25, -0.2) is 0 Å². The standard InChI is InChI=1S/C8H12O2/c1-3-8-5-7(9)4-6(2)10-8/h5-6H,3-4H2,1-2H3/t6-/m0/s1. The molecule has 1 aliphatic rings. The number of allylic oxidation sites excluding steroid dienone is 2. The summed E-state index contributed by atoms with van der Waals surface area (Å²) in [6.45, 7) is 3.90. The van der Waals surface area contributed by atoms with Gasteiger partial charge in [0.2, 0.25) is 0 Å². The maximum absolute atomic E-state index is 10.9. The molecule has 1 atom stereocenters. The van der Waals surface area contributed by atoms with Crippen molar-refractivity contribution in [2.45, 2.75) is 32.8 Å². The van der Waals surface area contributed by atoms with E-state index in [4.69, 9.17) is 4.74 Å². The van der Waals surface area contributed by atoms with Crippen molar-refractivity contribution in [2.24, 2.45) is 0 Å². The Bertz CT molecular complexity index is 170. The van der Waals surface area contributed by atoms with Crippen LogP contribution in [0.15, 0.2) is 11.8 Å². The van der Waals surface area contributed by atoms with E-state index >= 15 is 0 Å². The van der Waals surface area contributed by atoms with Gasteiger partial charge in [-0.15, -0.1) is 0 Å². The predicted molar refractivity (Wildman–Crippen MR) is 38.5 cm³/mol. The van der Waals surface area contributed by atoms with Crippen LogP contribution in [0.25, 0.3) is 0 Å². The number of hydrogen-bond acceptors (Lipinski definition) is 2. The van der Waals surface area contributed by atoms with Gasteiger partial charge in [-0.1, -0.05) is 6.92 Å². The first-order chi connectivity index (χ1) is 4.72. The van der Waals surface area contributed by atoms with Crippen LogP contribution in [0, 0.1) is 0 Å². The smallest absolute Gasteiger partial charge is 0.162 e. The topological polar surface area (TPSA) is 26.3 Å². The molecule has 1 rings (SSSR count). The molecule has 0 fully saturated rings. The average molecular weight is 140 g/mol. The van der Waals surface area contributed by atoms with Crippen LogP contribution in [0.2, 0.25) is 0 Å². The molecule has 0 spiro atoms. The van der Waals surface area contributed by atoms with Gasteiger partial charge < -0.3 is 4.74 Å². The Hall–Kier alpha value is -0.790. The zero-order chi connectivity index (χ0) is 7.56. The van der Waals surface area contributed by atoms with Crippen molar-refractivity contribution in [2.75, 3.05) is 0 Å². The molecule has 0 saturated carbocycles. The average Bonchev–Trinajstić information content (AvgIpc) is 1.85. The van der Waals surface area contributed by atoms with Crippen LogP contribution in [0.5, 0.6) is 0 Å².